The molecular weight excluding hydrogens is 643 g/mol. The number of carbonyl (C=O) groups excluding carboxylic acids is 1. The quantitative estimate of drug-likeness (QED) is 0.144. The average Bonchev–Trinajstić information content (AvgIpc) is 3.58. The Morgan fingerprint density at radius 2 is 1.51 bits per heavy atom. The summed E-state index contributed by atoms with van der Waals surface area (Å²) in [5.74, 6) is -0.726. The van der Waals surface area contributed by atoms with Crippen LogP contribution in [0.4, 0.5) is 13.2 Å². The van der Waals surface area contributed by atoms with Crippen molar-refractivity contribution in [1.29, 1.82) is 5.26 Å². The van der Waals surface area contributed by atoms with E-state index in [4.69, 9.17) is 18.9 Å². The molecule has 2 heterocycles. The van der Waals surface area contributed by atoms with E-state index in [-0.39, 0.29) is 36.7 Å². The van der Waals surface area contributed by atoms with Gasteiger partial charge in [0.15, 0.2) is 0 Å². The number of carbonyl (C=O) groups is 1. The Balaban J connectivity index is 1.50. The second-order valence-electron chi connectivity index (χ2n) is 10.7. The van der Waals surface area contributed by atoms with Gasteiger partial charge in [-0.1, -0.05) is 13.0 Å². The number of benzene rings is 2. The number of hydrogen-bond donors (Lipinski definition) is 1. The first-order valence-electron chi connectivity index (χ1n) is 15.7. The Morgan fingerprint density at radius 3 is 2.12 bits per heavy atom. The summed E-state index contributed by atoms with van der Waals surface area (Å²) in [6, 6.07) is 16.1. The van der Waals surface area contributed by atoms with Gasteiger partial charge in [0.25, 0.3) is 11.5 Å². The van der Waals surface area contributed by atoms with E-state index < -0.39 is 23.2 Å². The number of rotatable bonds is 18. The standard InChI is InChI=1S/C35H38F3N5O6/c1-3-14-46-16-18-48-20-21-49-19-17-47-15-13-40-33(44)31-23-30(32-11-12-41-43(32)28-9-7-26(24-39)8-10-28)25(2)42(34(31)45)29-6-4-5-27(22-29)35(36,37)38/h4-12,22-23H,3,13-21H2,1-2H3,(H,40,44). The predicted octanol–water partition coefficient (Wildman–Crippen LogP) is 5.10. The molecule has 0 saturated heterocycles. The Labute approximate surface area is 281 Å². The van der Waals surface area contributed by atoms with Crippen molar-refractivity contribution in [2.75, 3.05) is 59.4 Å². The molecule has 0 bridgehead atoms. The fourth-order valence-electron chi connectivity index (χ4n) is 4.89. The van der Waals surface area contributed by atoms with Crippen molar-refractivity contribution in [2.45, 2.75) is 26.4 Å². The number of alkyl halides is 3. The zero-order chi connectivity index (χ0) is 35.2. The van der Waals surface area contributed by atoms with Crippen molar-refractivity contribution in [3.8, 4) is 28.7 Å². The molecule has 0 saturated carbocycles. The summed E-state index contributed by atoms with van der Waals surface area (Å²) in [5, 5.41) is 16.2. The topological polar surface area (TPSA) is 130 Å². The number of hydrogen-bond acceptors (Lipinski definition) is 8. The molecule has 14 heteroatoms. The summed E-state index contributed by atoms with van der Waals surface area (Å²) in [6.07, 6.45) is -2.18. The van der Waals surface area contributed by atoms with E-state index in [0.717, 1.165) is 23.1 Å². The van der Waals surface area contributed by atoms with E-state index in [0.29, 0.717) is 62.1 Å². The average molecular weight is 682 g/mol. The SMILES string of the molecule is CCCOCCOCCOCCOCCNC(=O)c1cc(-c2ccnn2-c2ccc(C#N)cc2)c(C)n(-c2cccc(C(F)(F)F)c2)c1=O. The summed E-state index contributed by atoms with van der Waals surface area (Å²) in [6.45, 7) is 6.96. The predicted molar refractivity (Wildman–Crippen MR) is 175 cm³/mol. The lowest BCUT2D eigenvalue weighted by Gasteiger charge is -2.19. The highest BCUT2D eigenvalue weighted by molar-refractivity contribution is 5.95. The third-order valence-corrected chi connectivity index (χ3v) is 7.28. The first-order chi connectivity index (χ1) is 23.7. The van der Waals surface area contributed by atoms with Crippen molar-refractivity contribution in [3.05, 3.63) is 99.6 Å². The molecule has 2 aromatic heterocycles. The first kappa shape index (κ1) is 37.0. The molecule has 0 atom stereocenters. The molecule has 1 N–H and O–H groups in total. The smallest absolute Gasteiger partial charge is 0.379 e. The second kappa shape index (κ2) is 18.1. The Bertz CT molecular complexity index is 1780. The number of pyridine rings is 1. The summed E-state index contributed by atoms with van der Waals surface area (Å²) in [5.41, 5.74) is 0.0885. The van der Waals surface area contributed by atoms with Crippen molar-refractivity contribution in [1.82, 2.24) is 19.7 Å². The van der Waals surface area contributed by atoms with Crippen molar-refractivity contribution >= 4 is 5.91 Å². The van der Waals surface area contributed by atoms with Crippen molar-refractivity contribution in [2.24, 2.45) is 0 Å². The maximum Gasteiger partial charge on any atom is 0.416 e. The van der Waals surface area contributed by atoms with Crippen LogP contribution in [0, 0.1) is 18.3 Å². The Hall–Kier alpha value is -4.81. The number of amides is 1. The van der Waals surface area contributed by atoms with Gasteiger partial charge in [0, 0.05) is 30.1 Å². The molecular formula is C35H38F3N5O6. The molecule has 0 unspecified atom stereocenters. The Morgan fingerprint density at radius 1 is 0.878 bits per heavy atom. The van der Waals surface area contributed by atoms with Crippen LogP contribution in [0.5, 0.6) is 0 Å². The van der Waals surface area contributed by atoms with Crippen LogP contribution in [-0.4, -0.2) is 79.7 Å². The molecule has 0 aliphatic heterocycles. The fourth-order valence-corrected chi connectivity index (χ4v) is 4.89. The van der Waals surface area contributed by atoms with Gasteiger partial charge in [-0.25, -0.2) is 4.68 Å². The van der Waals surface area contributed by atoms with E-state index in [1.807, 2.05) is 6.92 Å². The summed E-state index contributed by atoms with van der Waals surface area (Å²) >= 11 is 0. The molecule has 0 radical (unpaired) electrons. The first-order valence-corrected chi connectivity index (χ1v) is 15.7. The van der Waals surface area contributed by atoms with Crippen LogP contribution in [0.3, 0.4) is 0 Å². The molecule has 4 rings (SSSR count). The highest BCUT2D eigenvalue weighted by atomic mass is 19.4. The minimum Gasteiger partial charge on any atom is -0.379 e. The van der Waals surface area contributed by atoms with Gasteiger partial charge in [-0.15, -0.1) is 0 Å². The summed E-state index contributed by atoms with van der Waals surface area (Å²) in [7, 11) is 0. The monoisotopic (exact) mass is 681 g/mol. The van der Waals surface area contributed by atoms with Crippen LogP contribution in [0.25, 0.3) is 22.6 Å². The Kier molecular flexibility index (Phi) is 13.7. The molecule has 0 spiro atoms. The van der Waals surface area contributed by atoms with Gasteiger partial charge in [-0.05, 0) is 67.9 Å². The molecule has 1 amide bonds. The molecule has 11 nitrogen and oxygen atoms in total. The number of aromatic nitrogens is 3. The molecule has 49 heavy (non-hydrogen) atoms. The number of halogens is 3. The van der Waals surface area contributed by atoms with E-state index in [1.165, 1.54) is 24.4 Å². The highest BCUT2D eigenvalue weighted by Crippen LogP contribution is 2.32. The van der Waals surface area contributed by atoms with Gasteiger partial charge < -0.3 is 24.3 Å². The normalized spacial score (nSPS) is 11.4. The minimum absolute atomic E-state index is 0.0591. The lowest BCUT2D eigenvalue weighted by Crippen LogP contribution is -2.35. The van der Waals surface area contributed by atoms with Gasteiger partial charge in [0.05, 0.1) is 81.0 Å². The maximum absolute atomic E-state index is 13.8. The van der Waals surface area contributed by atoms with Crippen LogP contribution >= 0.6 is 0 Å². The van der Waals surface area contributed by atoms with Gasteiger partial charge >= 0.3 is 6.18 Å². The number of nitrogens with zero attached hydrogens (tertiary/aromatic N) is 4. The summed E-state index contributed by atoms with van der Waals surface area (Å²) in [4.78, 5) is 27.2. The van der Waals surface area contributed by atoms with Crippen LogP contribution in [0.1, 0.15) is 40.5 Å². The number of nitrogens with one attached hydrogen (secondary N) is 1. The lowest BCUT2D eigenvalue weighted by molar-refractivity contribution is -0.137. The zero-order valence-corrected chi connectivity index (χ0v) is 27.3. The fraction of sp³-hybridized carbons (Fsp3) is 0.371. The molecule has 2 aromatic carbocycles. The van der Waals surface area contributed by atoms with Gasteiger partial charge in [0.1, 0.15) is 5.56 Å². The number of ether oxygens (including phenoxy) is 4. The van der Waals surface area contributed by atoms with Crippen LogP contribution in [-0.2, 0) is 25.1 Å². The van der Waals surface area contributed by atoms with Crippen LogP contribution in [0.2, 0.25) is 0 Å². The summed E-state index contributed by atoms with van der Waals surface area (Å²) < 4.78 is 65.3. The highest BCUT2D eigenvalue weighted by Gasteiger charge is 2.31. The molecule has 0 aliphatic rings. The molecule has 4 aromatic rings. The van der Waals surface area contributed by atoms with Crippen molar-refractivity contribution < 1.29 is 36.9 Å². The number of nitriles is 1. The largest absolute Gasteiger partial charge is 0.416 e. The van der Waals surface area contributed by atoms with E-state index >= 15 is 0 Å². The second-order valence-corrected chi connectivity index (χ2v) is 10.7. The molecule has 260 valence electrons. The van der Waals surface area contributed by atoms with Crippen molar-refractivity contribution in [3.63, 3.8) is 0 Å². The third kappa shape index (κ3) is 10.1. The minimum atomic E-state index is -4.65. The van der Waals surface area contributed by atoms with E-state index in [9.17, 15) is 28.0 Å². The van der Waals surface area contributed by atoms with E-state index in [2.05, 4.69) is 16.5 Å². The van der Waals surface area contributed by atoms with Crippen LogP contribution < -0.4 is 10.9 Å². The van der Waals surface area contributed by atoms with Gasteiger partial charge in [0.2, 0.25) is 0 Å². The molecule has 0 aliphatic carbocycles. The van der Waals surface area contributed by atoms with Gasteiger partial charge in [-0.3, -0.25) is 14.2 Å². The zero-order valence-electron chi connectivity index (χ0n) is 27.3. The third-order valence-electron chi connectivity index (χ3n) is 7.28. The van der Waals surface area contributed by atoms with E-state index in [1.54, 1.807) is 41.9 Å². The maximum atomic E-state index is 13.8. The molecule has 0 fully saturated rings. The van der Waals surface area contributed by atoms with Crippen LogP contribution in [0.15, 0.2) is 71.7 Å². The lowest BCUT2D eigenvalue weighted by atomic mass is 10.0. The van der Waals surface area contributed by atoms with Gasteiger partial charge in [-0.2, -0.15) is 23.5 Å².